The highest BCUT2D eigenvalue weighted by atomic mass is 16.7. The van der Waals surface area contributed by atoms with Crippen molar-refractivity contribution in [3.8, 4) is 0 Å². The average molecular weight is 192 g/mol. The van der Waals surface area contributed by atoms with Gasteiger partial charge in [-0.05, 0) is 25.7 Å². The summed E-state index contributed by atoms with van der Waals surface area (Å²) in [6.07, 6.45) is 5.11. The first-order valence-electron chi connectivity index (χ1n) is 4.63. The summed E-state index contributed by atoms with van der Waals surface area (Å²) in [5.74, 6) is 8.25. The zero-order chi connectivity index (χ0) is 9.78. The molecule has 0 spiro atoms. The van der Waals surface area contributed by atoms with Crippen molar-refractivity contribution in [2.24, 2.45) is 11.8 Å². The highest BCUT2D eigenvalue weighted by molar-refractivity contribution is 4.44. The zero-order valence-electron chi connectivity index (χ0n) is 8.04. The lowest BCUT2D eigenvalue weighted by Crippen LogP contribution is -2.03. The van der Waals surface area contributed by atoms with Crippen LogP contribution < -0.4 is 11.8 Å². The molecule has 5 heteroatoms. The summed E-state index contributed by atoms with van der Waals surface area (Å²) in [5.41, 5.74) is 0. The number of nitrogens with two attached hydrogens (primary N) is 2. The second-order valence-electron chi connectivity index (χ2n) is 2.78. The van der Waals surface area contributed by atoms with Gasteiger partial charge in [0.25, 0.3) is 0 Å². The lowest BCUT2D eigenvalue weighted by Gasteiger charge is -1.76. The van der Waals surface area contributed by atoms with Gasteiger partial charge in [-0.3, -0.25) is 0 Å². The van der Waals surface area contributed by atoms with Crippen LogP contribution in [0.1, 0.15) is 25.7 Å². The van der Waals surface area contributed by atoms with Crippen molar-refractivity contribution in [1.29, 1.82) is 0 Å². The minimum absolute atomic E-state index is 1.00. The number of hydrogen-bond acceptors (Lipinski definition) is 5. The van der Waals surface area contributed by atoms with Crippen molar-refractivity contribution in [1.82, 2.24) is 0 Å². The maximum atomic E-state index is 4.94. The van der Waals surface area contributed by atoms with Crippen LogP contribution in [0.25, 0.3) is 0 Å². The Morgan fingerprint density at radius 2 is 0.923 bits per heavy atom. The van der Waals surface area contributed by atoms with Crippen LogP contribution in [-0.4, -0.2) is 26.4 Å². The van der Waals surface area contributed by atoms with Crippen LogP contribution in [-0.2, 0) is 14.4 Å². The standard InChI is InChI=1S/2C4H8O.H4N2O/c2*1-2-4-5-3-1;1-3-2/h2*1-4H2;1-2H2. The van der Waals surface area contributed by atoms with Crippen LogP contribution in [0.15, 0.2) is 0 Å². The van der Waals surface area contributed by atoms with Gasteiger partial charge in [0.05, 0.1) is 0 Å². The Bertz CT molecular complexity index is 60.2. The van der Waals surface area contributed by atoms with E-state index in [0.29, 0.717) is 0 Å². The molecule has 2 aliphatic heterocycles. The molecule has 5 nitrogen and oxygen atoms in total. The van der Waals surface area contributed by atoms with E-state index >= 15 is 0 Å². The van der Waals surface area contributed by atoms with E-state index in [1.54, 1.807) is 0 Å². The molecule has 4 N–H and O–H groups in total. The van der Waals surface area contributed by atoms with Crippen LogP contribution in [0.2, 0.25) is 0 Å². The van der Waals surface area contributed by atoms with Gasteiger partial charge in [-0.15, -0.1) is 0 Å². The first kappa shape index (κ1) is 12.8. The summed E-state index contributed by atoms with van der Waals surface area (Å²) in [7, 11) is 0. The summed E-state index contributed by atoms with van der Waals surface area (Å²) >= 11 is 0. The van der Waals surface area contributed by atoms with Gasteiger partial charge in [0.2, 0.25) is 0 Å². The minimum atomic E-state index is 1.00. The Morgan fingerprint density at radius 1 is 0.692 bits per heavy atom. The molecule has 2 heterocycles. The molecule has 0 aromatic heterocycles. The SMILES string of the molecule is C1CCOC1.C1CCOC1.NON. The van der Waals surface area contributed by atoms with Gasteiger partial charge in [0.15, 0.2) is 0 Å². The Kier molecular flexibility index (Phi) is 11.6. The first-order valence-corrected chi connectivity index (χ1v) is 4.63. The third-order valence-corrected chi connectivity index (χ3v) is 1.65. The second-order valence-corrected chi connectivity index (χ2v) is 2.78. The van der Waals surface area contributed by atoms with Gasteiger partial charge in [-0.2, -0.15) is 11.8 Å². The summed E-state index contributed by atoms with van der Waals surface area (Å²) in [6.45, 7) is 4.00. The topological polar surface area (TPSA) is 79.7 Å². The Morgan fingerprint density at radius 3 is 1.00 bits per heavy atom. The molecule has 0 aromatic carbocycles. The molecule has 0 unspecified atom stereocenters. The molecule has 0 radical (unpaired) electrons. The maximum absolute atomic E-state index is 4.94. The molecule has 13 heavy (non-hydrogen) atoms. The molecule has 2 aliphatic rings. The van der Waals surface area contributed by atoms with Crippen LogP contribution >= 0.6 is 0 Å². The largest absolute Gasteiger partial charge is 0.381 e. The van der Waals surface area contributed by atoms with Crippen molar-refractivity contribution in [3.63, 3.8) is 0 Å². The van der Waals surface area contributed by atoms with E-state index in [2.05, 4.69) is 16.7 Å². The number of hydrogen-bond donors (Lipinski definition) is 2. The molecular weight excluding hydrogens is 172 g/mol. The molecule has 0 aromatic rings. The molecule has 0 saturated carbocycles. The highest BCUT2D eigenvalue weighted by Crippen LogP contribution is 1.98. The summed E-state index contributed by atoms with van der Waals surface area (Å²) in [6, 6.07) is 0. The predicted molar refractivity (Wildman–Crippen MR) is 49.6 cm³/mol. The fraction of sp³-hybridized carbons (Fsp3) is 1.00. The van der Waals surface area contributed by atoms with Gasteiger partial charge < -0.3 is 9.47 Å². The fourth-order valence-electron chi connectivity index (χ4n) is 1.02. The van der Waals surface area contributed by atoms with Crippen LogP contribution in [0.3, 0.4) is 0 Å². The summed E-state index contributed by atoms with van der Waals surface area (Å²) < 4.78 is 9.89. The monoisotopic (exact) mass is 192 g/mol. The quantitative estimate of drug-likeness (QED) is 0.541. The molecule has 2 saturated heterocycles. The molecule has 0 aliphatic carbocycles. The fourth-order valence-corrected chi connectivity index (χ4v) is 1.02. The molecule has 2 rings (SSSR count). The number of ether oxygens (including phenoxy) is 2. The van der Waals surface area contributed by atoms with E-state index in [1.165, 1.54) is 25.7 Å². The smallest absolute Gasteiger partial charge is 0.0466 e. The lowest BCUT2D eigenvalue weighted by atomic mass is 10.4. The molecule has 80 valence electrons. The normalized spacial score (nSPS) is 19.8. The van der Waals surface area contributed by atoms with Crippen LogP contribution in [0, 0.1) is 0 Å². The molecule has 0 amide bonds. The molecule has 2 fully saturated rings. The van der Waals surface area contributed by atoms with Crippen molar-refractivity contribution in [2.45, 2.75) is 25.7 Å². The van der Waals surface area contributed by atoms with Crippen molar-refractivity contribution in [3.05, 3.63) is 0 Å². The van der Waals surface area contributed by atoms with Crippen molar-refractivity contribution >= 4 is 0 Å². The van der Waals surface area contributed by atoms with Crippen molar-refractivity contribution in [2.75, 3.05) is 26.4 Å². The maximum Gasteiger partial charge on any atom is 0.0466 e. The Hall–Kier alpha value is -0.200. The Labute approximate surface area is 79.2 Å². The molecule has 0 atom stereocenters. The number of rotatable bonds is 0. The second kappa shape index (κ2) is 11.8. The third-order valence-electron chi connectivity index (χ3n) is 1.65. The predicted octanol–water partition coefficient (Wildman–Crippen LogP) is 0.344. The van der Waals surface area contributed by atoms with E-state index < -0.39 is 0 Å². The molecular formula is C8H20N2O3. The van der Waals surface area contributed by atoms with E-state index in [1.807, 2.05) is 0 Å². The van der Waals surface area contributed by atoms with Gasteiger partial charge in [-0.25, -0.2) is 4.94 Å². The highest BCUT2D eigenvalue weighted by Gasteiger charge is 1.95. The van der Waals surface area contributed by atoms with Crippen LogP contribution in [0.4, 0.5) is 0 Å². The summed E-state index contributed by atoms with van der Waals surface area (Å²) in [5, 5.41) is 0. The minimum Gasteiger partial charge on any atom is -0.381 e. The third kappa shape index (κ3) is 11.8. The van der Waals surface area contributed by atoms with E-state index in [4.69, 9.17) is 9.47 Å². The van der Waals surface area contributed by atoms with E-state index in [-0.39, 0.29) is 0 Å². The summed E-state index contributed by atoms with van der Waals surface area (Å²) in [4.78, 5) is 3.25. The van der Waals surface area contributed by atoms with Crippen LogP contribution in [0.5, 0.6) is 0 Å². The van der Waals surface area contributed by atoms with E-state index in [0.717, 1.165) is 26.4 Å². The lowest BCUT2D eigenvalue weighted by molar-refractivity contribution is 0.142. The van der Waals surface area contributed by atoms with Gasteiger partial charge >= 0.3 is 0 Å². The van der Waals surface area contributed by atoms with Gasteiger partial charge in [0, 0.05) is 26.4 Å². The van der Waals surface area contributed by atoms with E-state index in [9.17, 15) is 0 Å². The zero-order valence-corrected chi connectivity index (χ0v) is 8.04. The first-order chi connectivity index (χ1) is 6.41. The average Bonchev–Trinajstić information content (AvgIpc) is 2.85. The molecule has 0 bridgehead atoms. The van der Waals surface area contributed by atoms with Crippen molar-refractivity contribution < 1.29 is 14.4 Å². The van der Waals surface area contributed by atoms with Gasteiger partial charge in [-0.1, -0.05) is 0 Å². The van der Waals surface area contributed by atoms with Gasteiger partial charge in [0.1, 0.15) is 0 Å². The Balaban J connectivity index is 0.000000174.